The highest BCUT2D eigenvalue weighted by Gasteiger charge is 2.03. The normalized spacial score (nSPS) is 10.6. The fourth-order valence-electron chi connectivity index (χ4n) is 1.97. The van der Waals surface area contributed by atoms with Gasteiger partial charge in [0.05, 0.1) is 6.26 Å². The Morgan fingerprint density at radius 1 is 1.11 bits per heavy atom. The second-order valence-corrected chi connectivity index (χ2v) is 4.56. The van der Waals surface area contributed by atoms with Gasteiger partial charge in [-0.05, 0) is 50.2 Å². The molecule has 0 amide bonds. The van der Waals surface area contributed by atoms with Crippen LogP contribution in [0.5, 0.6) is 5.75 Å². The van der Waals surface area contributed by atoms with E-state index in [4.69, 9.17) is 9.15 Å². The van der Waals surface area contributed by atoms with Crippen LogP contribution in [-0.4, -0.2) is 7.05 Å². The molecule has 0 saturated heterocycles. The lowest BCUT2D eigenvalue weighted by Crippen LogP contribution is -2.03. The van der Waals surface area contributed by atoms with Gasteiger partial charge in [0.15, 0.2) is 0 Å². The summed E-state index contributed by atoms with van der Waals surface area (Å²) in [6, 6.07) is 8.21. The largest absolute Gasteiger partial charge is 0.486 e. The van der Waals surface area contributed by atoms with Crippen molar-refractivity contribution in [3.8, 4) is 5.75 Å². The third-order valence-corrected chi connectivity index (χ3v) is 2.67. The van der Waals surface area contributed by atoms with Crippen LogP contribution in [0.1, 0.15) is 22.5 Å². The van der Waals surface area contributed by atoms with Crippen molar-refractivity contribution >= 4 is 0 Å². The Balaban J connectivity index is 1.97. The van der Waals surface area contributed by atoms with Crippen LogP contribution in [-0.2, 0) is 13.2 Å². The van der Waals surface area contributed by atoms with Gasteiger partial charge in [0.1, 0.15) is 18.1 Å². The van der Waals surface area contributed by atoms with E-state index in [0.717, 1.165) is 23.6 Å². The van der Waals surface area contributed by atoms with Crippen molar-refractivity contribution in [1.29, 1.82) is 0 Å². The molecule has 1 aromatic carbocycles. The first-order valence-corrected chi connectivity index (χ1v) is 6.09. The Hall–Kier alpha value is -1.74. The fraction of sp³-hybridized carbons (Fsp3) is 0.333. The average molecular weight is 245 g/mol. The van der Waals surface area contributed by atoms with Crippen LogP contribution in [0, 0.1) is 13.8 Å². The number of furan rings is 1. The minimum atomic E-state index is 0.465. The van der Waals surface area contributed by atoms with E-state index in [1.807, 2.05) is 25.2 Å². The van der Waals surface area contributed by atoms with Crippen molar-refractivity contribution in [3.05, 3.63) is 53.0 Å². The molecule has 1 N–H and O–H groups in total. The van der Waals surface area contributed by atoms with E-state index in [-0.39, 0.29) is 0 Å². The molecular weight excluding hydrogens is 226 g/mol. The van der Waals surface area contributed by atoms with Gasteiger partial charge in [-0.3, -0.25) is 0 Å². The van der Waals surface area contributed by atoms with Crippen molar-refractivity contribution in [1.82, 2.24) is 5.32 Å². The van der Waals surface area contributed by atoms with Gasteiger partial charge >= 0.3 is 0 Å². The molecule has 2 rings (SSSR count). The number of nitrogens with one attached hydrogen (secondary N) is 1. The van der Waals surface area contributed by atoms with Crippen molar-refractivity contribution in [2.75, 3.05) is 7.05 Å². The van der Waals surface area contributed by atoms with Crippen LogP contribution >= 0.6 is 0 Å². The van der Waals surface area contributed by atoms with Crippen molar-refractivity contribution in [2.24, 2.45) is 0 Å². The van der Waals surface area contributed by atoms with Crippen LogP contribution in [0.25, 0.3) is 0 Å². The standard InChI is InChI=1S/C15H19NO2/c1-11-4-12(2)6-14(5-11)18-10-15-7-13(8-16-3)9-17-15/h4-7,9,16H,8,10H2,1-3H3. The van der Waals surface area contributed by atoms with Crippen LogP contribution in [0.2, 0.25) is 0 Å². The van der Waals surface area contributed by atoms with Gasteiger partial charge in [-0.25, -0.2) is 0 Å². The highest BCUT2D eigenvalue weighted by Crippen LogP contribution is 2.18. The van der Waals surface area contributed by atoms with Gasteiger partial charge in [-0.15, -0.1) is 0 Å². The number of ether oxygens (including phenoxy) is 1. The Kier molecular flexibility index (Phi) is 4.05. The van der Waals surface area contributed by atoms with Gasteiger partial charge in [-0.1, -0.05) is 6.07 Å². The summed E-state index contributed by atoms with van der Waals surface area (Å²) in [6.07, 6.45) is 1.76. The van der Waals surface area contributed by atoms with Gasteiger partial charge < -0.3 is 14.5 Å². The molecule has 1 heterocycles. The zero-order valence-corrected chi connectivity index (χ0v) is 11.1. The first-order chi connectivity index (χ1) is 8.67. The molecule has 0 fully saturated rings. The Labute approximate surface area is 108 Å². The summed E-state index contributed by atoms with van der Waals surface area (Å²) >= 11 is 0. The van der Waals surface area contributed by atoms with Gasteiger partial charge in [0.25, 0.3) is 0 Å². The van der Waals surface area contributed by atoms with Gasteiger partial charge in [0.2, 0.25) is 0 Å². The molecule has 18 heavy (non-hydrogen) atoms. The third kappa shape index (κ3) is 3.37. The molecular formula is C15H19NO2. The van der Waals surface area contributed by atoms with E-state index in [9.17, 15) is 0 Å². The highest BCUT2D eigenvalue weighted by molar-refractivity contribution is 5.33. The second kappa shape index (κ2) is 5.74. The SMILES string of the molecule is CNCc1coc(COc2cc(C)cc(C)c2)c1. The molecule has 3 nitrogen and oxygen atoms in total. The van der Waals surface area contributed by atoms with E-state index < -0.39 is 0 Å². The lowest BCUT2D eigenvalue weighted by molar-refractivity contribution is 0.270. The van der Waals surface area contributed by atoms with E-state index in [2.05, 4.69) is 25.2 Å². The Morgan fingerprint density at radius 2 is 1.83 bits per heavy atom. The molecule has 0 unspecified atom stereocenters. The molecule has 0 bridgehead atoms. The zero-order chi connectivity index (χ0) is 13.0. The van der Waals surface area contributed by atoms with E-state index in [1.54, 1.807) is 6.26 Å². The van der Waals surface area contributed by atoms with Crippen molar-refractivity contribution in [2.45, 2.75) is 27.0 Å². The molecule has 0 aliphatic rings. The molecule has 0 aliphatic heterocycles. The van der Waals surface area contributed by atoms with Gasteiger partial charge in [0, 0.05) is 12.1 Å². The molecule has 0 spiro atoms. The quantitative estimate of drug-likeness (QED) is 0.878. The van der Waals surface area contributed by atoms with Crippen molar-refractivity contribution in [3.63, 3.8) is 0 Å². The predicted molar refractivity (Wildman–Crippen MR) is 71.7 cm³/mol. The number of aryl methyl sites for hydroxylation is 2. The topological polar surface area (TPSA) is 34.4 Å². The molecule has 0 aliphatic carbocycles. The highest BCUT2D eigenvalue weighted by atomic mass is 16.5. The van der Waals surface area contributed by atoms with E-state index in [0.29, 0.717) is 6.61 Å². The van der Waals surface area contributed by atoms with Crippen LogP contribution in [0.4, 0.5) is 0 Å². The average Bonchev–Trinajstić information content (AvgIpc) is 2.74. The molecule has 0 radical (unpaired) electrons. The Morgan fingerprint density at radius 3 is 2.50 bits per heavy atom. The monoisotopic (exact) mass is 245 g/mol. The number of hydrogen-bond acceptors (Lipinski definition) is 3. The summed E-state index contributed by atoms with van der Waals surface area (Å²) in [5, 5.41) is 3.09. The summed E-state index contributed by atoms with van der Waals surface area (Å²) < 4.78 is 11.2. The number of hydrogen-bond donors (Lipinski definition) is 1. The first-order valence-electron chi connectivity index (χ1n) is 6.09. The molecule has 0 atom stereocenters. The van der Waals surface area contributed by atoms with Crippen LogP contribution < -0.4 is 10.1 Å². The van der Waals surface area contributed by atoms with Crippen molar-refractivity contribution < 1.29 is 9.15 Å². The molecule has 3 heteroatoms. The third-order valence-electron chi connectivity index (χ3n) is 2.67. The summed E-state index contributed by atoms with van der Waals surface area (Å²) in [5.74, 6) is 1.73. The molecule has 1 aromatic heterocycles. The molecule has 0 saturated carbocycles. The van der Waals surface area contributed by atoms with E-state index >= 15 is 0 Å². The van der Waals surface area contributed by atoms with Gasteiger partial charge in [-0.2, -0.15) is 0 Å². The smallest absolute Gasteiger partial charge is 0.146 e. The molecule has 96 valence electrons. The second-order valence-electron chi connectivity index (χ2n) is 4.56. The van der Waals surface area contributed by atoms with Crippen LogP contribution in [0.3, 0.4) is 0 Å². The first kappa shape index (κ1) is 12.7. The predicted octanol–water partition coefficient (Wildman–Crippen LogP) is 3.19. The summed E-state index contributed by atoms with van der Waals surface area (Å²) in [6.45, 7) is 5.41. The molecule has 2 aromatic rings. The maximum atomic E-state index is 5.73. The number of benzene rings is 1. The summed E-state index contributed by atoms with van der Waals surface area (Å²) in [7, 11) is 1.92. The minimum Gasteiger partial charge on any atom is -0.486 e. The van der Waals surface area contributed by atoms with Crippen LogP contribution in [0.15, 0.2) is 34.9 Å². The Bertz CT molecular complexity index is 497. The van der Waals surface area contributed by atoms with E-state index in [1.165, 1.54) is 11.1 Å². The lowest BCUT2D eigenvalue weighted by Gasteiger charge is -2.06. The summed E-state index contributed by atoms with van der Waals surface area (Å²) in [5.41, 5.74) is 3.55. The number of rotatable bonds is 5. The maximum Gasteiger partial charge on any atom is 0.146 e. The minimum absolute atomic E-state index is 0.465. The summed E-state index contributed by atoms with van der Waals surface area (Å²) in [4.78, 5) is 0. The fourth-order valence-corrected chi connectivity index (χ4v) is 1.97. The maximum absolute atomic E-state index is 5.73. The lowest BCUT2D eigenvalue weighted by atomic mass is 10.1. The zero-order valence-electron chi connectivity index (χ0n) is 11.1.